The summed E-state index contributed by atoms with van der Waals surface area (Å²) in [5.41, 5.74) is 7.64. The lowest BCUT2D eigenvalue weighted by atomic mass is 10.1. The molecule has 1 aliphatic heterocycles. The molecule has 1 aliphatic rings. The molecule has 2 unspecified atom stereocenters. The molecule has 1 saturated heterocycles. The summed E-state index contributed by atoms with van der Waals surface area (Å²) in [5.74, 6) is 0. The van der Waals surface area contributed by atoms with Crippen LogP contribution in [0.4, 0.5) is 5.69 Å². The van der Waals surface area contributed by atoms with Gasteiger partial charge in [-0.2, -0.15) is 0 Å². The van der Waals surface area contributed by atoms with Crippen LogP contribution in [-0.4, -0.2) is 30.3 Å². The fourth-order valence-electron chi connectivity index (χ4n) is 2.36. The molecule has 0 amide bonds. The van der Waals surface area contributed by atoms with Crippen LogP contribution in [0.1, 0.15) is 19.4 Å². The van der Waals surface area contributed by atoms with Crippen LogP contribution in [0.25, 0.3) is 0 Å². The van der Waals surface area contributed by atoms with Gasteiger partial charge in [-0.25, -0.2) is 0 Å². The number of hydrogen-bond acceptors (Lipinski definition) is 3. The second-order valence-electron chi connectivity index (χ2n) is 4.69. The van der Waals surface area contributed by atoms with Crippen LogP contribution in [0.2, 0.25) is 5.02 Å². The van der Waals surface area contributed by atoms with Crippen LogP contribution in [0, 0.1) is 0 Å². The van der Waals surface area contributed by atoms with Gasteiger partial charge in [-0.05, 0) is 32.0 Å². The topological polar surface area (TPSA) is 38.5 Å². The minimum atomic E-state index is 0.198. The highest BCUT2D eigenvalue weighted by molar-refractivity contribution is 7.80. The predicted octanol–water partition coefficient (Wildman–Crippen LogP) is 2.59. The van der Waals surface area contributed by atoms with Gasteiger partial charge in [-0.1, -0.05) is 23.8 Å². The number of halogens is 1. The van der Waals surface area contributed by atoms with Crippen LogP contribution < -0.4 is 10.6 Å². The molecule has 0 radical (unpaired) electrons. The maximum atomic E-state index is 6.00. The Bertz CT molecular complexity index is 456. The predicted molar refractivity (Wildman–Crippen MR) is 79.6 cm³/mol. The standard InChI is InChI=1S/C13H17ClN2OS/c1-8-6-16(7-9(2)17-8)12-4-3-10(14)5-11(12)13(15)18/h3-5,8-9H,6-7H2,1-2H3,(H2,15,18). The lowest BCUT2D eigenvalue weighted by Gasteiger charge is -2.37. The largest absolute Gasteiger partial charge is 0.389 e. The number of anilines is 1. The quantitative estimate of drug-likeness (QED) is 0.847. The lowest BCUT2D eigenvalue weighted by molar-refractivity contribution is -0.00522. The van der Waals surface area contributed by atoms with Crippen molar-refractivity contribution >= 4 is 34.5 Å². The third-order valence-electron chi connectivity index (χ3n) is 2.98. The Labute approximate surface area is 118 Å². The van der Waals surface area contributed by atoms with Crippen molar-refractivity contribution < 1.29 is 4.74 Å². The first-order chi connectivity index (χ1) is 8.47. The molecular weight excluding hydrogens is 268 g/mol. The molecule has 1 aromatic carbocycles. The van der Waals surface area contributed by atoms with Crippen molar-refractivity contribution in [2.45, 2.75) is 26.1 Å². The molecule has 0 aromatic heterocycles. The zero-order chi connectivity index (χ0) is 13.3. The van der Waals surface area contributed by atoms with E-state index in [-0.39, 0.29) is 12.2 Å². The van der Waals surface area contributed by atoms with Crippen molar-refractivity contribution in [2.75, 3.05) is 18.0 Å². The fraction of sp³-hybridized carbons (Fsp3) is 0.462. The first kappa shape index (κ1) is 13.6. The molecule has 5 heteroatoms. The minimum absolute atomic E-state index is 0.198. The average molecular weight is 285 g/mol. The van der Waals surface area contributed by atoms with E-state index >= 15 is 0 Å². The first-order valence-corrected chi connectivity index (χ1v) is 6.75. The van der Waals surface area contributed by atoms with Gasteiger partial charge in [0.1, 0.15) is 4.99 Å². The van der Waals surface area contributed by atoms with E-state index in [9.17, 15) is 0 Å². The van der Waals surface area contributed by atoms with E-state index in [1.807, 2.05) is 18.2 Å². The number of benzene rings is 1. The molecule has 1 fully saturated rings. The molecule has 2 rings (SSSR count). The van der Waals surface area contributed by atoms with Crippen LogP contribution >= 0.6 is 23.8 Å². The highest BCUT2D eigenvalue weighted by Gasteiger charge is 2.24. The number of nitrogens with zero attached hydrogens (tertiary/aromatic N) is 1. The third kappa shape index (κ3) is 2.94. The van der Waals surface area contributed by atoms with E-state index in [1.54, 1.807) is 0 Å². The maximum absolute atomic E-state index is 6.00. The summed E-state index contributed by atoms with van der Waals surface area (Å²) in [6, 6.07) is 5.66. The SMILES string of the molecule is CC1CN(c2ccc(Cl)cc2C(N)=S)CC(C)O1. The fourth-order valence-corrected chi connectivity index (χ4v) is 2.69. The van der Waals surface area contributed by atoms with Gasteiger partial charge < -0.3 is 15.4 Å². The molecule has 2 atom stereocenters. The second-order valence-corrected chi connectivity index (χ2v) is 5.56. The molecule has 0 bridgehead atoms. The maximum Gasteiger partial charge on any atom is 0.106 e. The summed E-state index contributed by atoms with van der Waals surface area (Å²) in [7, 11) is 0. The molecule has 0 spiro atoms. The molecule has 0 aliphatic carbocycles. The van der Waals surface area contributed by atoms with E-state index in [4.69, 9.17) is 34.3 Å². The van der Waals surface area contributed by atoms with Gasteiger partial charge >= 0.3 is 0 Å². The second kappa shape index (κ2) is 5.43. The van der Waals surface area contributed by atoms with Crippen molar-refractivity contribution in [1.29, 1.82) is 0 Å². The van der Waals surface area contributed by atoms with E-state index < -0.39 is 0 Å². The average Bonchev–Trinajstić information content (AvgIpc) is 2.27. The molecule has 18 heavy (non-hydrogen) atoms. The van der Waals surface area contributed by atoms with Gasteiger partial charge in [-0.3, -0.25) is 0 Å². The summed E-state index contributed by atoms with van der Waals surface area (Å²) in [6.07, 6.45) is 0.396. The Kier molecular flexibility index (Phi) is 4.10. The number of morpholine rings is 1. The van der Waals surface area contributed by atoms with Gasteiger partial charge in [0.25, 0.3) is 0 Å². The summed E-state index contributed by atoms with van der Waals surface area (Å²) < 4.78 is 5.73. The number of rotatable bonds is 2. The Balaban J connectivity index is 2.35. The van der Waals surface area contributed by atoms with Gasteiger partial charge in [-0.15, -0.1) is 0 Å². The molecular formula is C13H17ClN2OS. The van der Waals surface area contributed by atoms with Gasteiger partial charge in [0, 0.05) is 29.4 Å². The molecule has 0 saturated carbocycles. The smallest absolute Gasteiger partial charge is 0.106 e. The van der Waals surface area contributed by atoms with E-state index in [1.165, 1.54) is 0 Å². The first-order valence-electron chi connectivity index (χ1n) is 5.97. The summed E-state index contributed by atoms with van der Waals surface area (Å²) in [4.78, 5) is 2.63. The Morgan fingerprint density at radius 2 is 2.00 bits per heavy atom. The van der Waals surface area contributed by atoms with E-state index in [0.717, 1.165) is 24.3 Å². The minimum Gasteiger partial charge on any atom is -0.389 e. The Hall–Kier alpha value is -0.840. The Morgan fingerprint density at radius 1 is 1.39 bits per heavy atom. The van der Waals surface area contributed by atoms with Crippen molar-refractivity contribution in [3.8, 4) is 0 Å². The van der Waals surface area contributed by atoms with Crippen LogP contribution in [0.5, 0.6) is 0 Å². The van der Waals surface area contributed by atoms with Crippen molar-refractivity contribution in [3.63, 3.8) is 0 Å². The molecule has 1 heterocycles. The zero-order valence-corrected chi connectivity index (χ0v) is 12.1. The highest BCUT2D eigenvalue weighted by atomic mass is 35.5. The van der Waals surface area contributed by atoms with Crippen molar-refractivity contribution in [2.24, 2.45) is 5.73 Å². The molecule has 3 nitrogen and oxygen atoms in total. The van der Waals surface area contributed by atoms with Crippen molar-refractivity contribution in [3.05, 3.63) is 28.8 Å². The zero-order valence-electron chi connectivity index (χ0n) is 10.5. The Morgan fingerprint density at radius 3 is 2.56 bits per heavy atom. The van der Waals surface area contributed by atoms with Gasteiger partial charge in [0.15, 0.2) is 0 Å². The van der Waals surface area contributed by atoms with Gasteiger partial charge in [0.2, 0.25) is 0 Å². The molecule has 1 aromatic rings. The van der Waals surface area contributed by atoms with Gasteiger partial charge in [0.05, 0.1) is 12.2 Å². The van der Waals surface area contributed by atoms with Crippen LogP contribution in [-0.2, 0) is 4.74 Å². The van der Waals surface area contributed by atoms with E-state index in [0.29, 0.717) is 10.0 Å². The molecule has 98 valence electrons. The van der Waals surface area contributed by atoms with E-state index in [2.05, 4.69) is 18.7 Å². The molecule has 2 N–H and O–H groups in total. The van der Waals surface area contributed by atoms with Crippen LogP contribution in [0.3, 0.4) is 0 Å². The number of thiocarbonyl (C=S) groups is 1. The number of hydrogen-bond donors (Lipinski definition) is 1. The normalized spacial score (nSPS) is 24.1. The van der Waals surface area contributed by atoms with Crippen LogP contribution in [0.15, 0.2) is 18.2 Å². The van der Waals surface area contributed by atoms with Crippen molar-refractivity contribution in [1.82, 2.24) is 0 Å². The summed E-state index contributed by atoms with van der Waals surface area (Å²) in [5, 5.41) is 0.649. The third-order valence-corrected chi connectivity index (χ3v) is 3.44. The lowest BCUT2D eigenvalue weighted by Crippen LogP contribution is -2.46. The number of ether oxygens (including phenoxy) is 1. The summed E-state index contributed by atoms with van der Waals surface area (Å²) >= 11 is 11.1. The summed E-state index contributed by atoms with van der Waals surface area (Å²) in [6.45, 7) is 5.81. The number of nitrogens with two attached hydrogens (primary N) is 1. The highest BCUT2D eigenvalue weighted by Crippen LogP contribution is 2.27. The monoisotopic (exact) mass is 284 g/mol.